The highest BCUT2D eigenvalue weighted by atomic mass is 16.1. The highest BCUT2D eigenvalue weighted by Gasteiger charge is 2.20. The van der Waals surface area contributed by atoms with Gasteiger partial charge in [-0.2, -0.15) is 5.26 Å². The number of nitrogens with zero attached hydrogens (tertiary/aromatic N) is 2. The molecule has 0 bridgehead atoms. The first kappa shape index (κ1) is 18.0. The number of aromatic nitrogens is 1. The number of hydrogen-bond acceptors (Lipinski definition) is 2. The van der Waals surface area contributed by atoms with E-state index >= 15 is 0 Å². The number of aldehydes is 1. The van der Waals surface area contributed by atoms with Crippen molar-refractivity contribution in [2.75, 3.05) is 0 Å². The van der Waals surface area contributed by atoms with Gasteiger partial charge in [-0.15, -0.1) is 6.58 Å². The lowest BCUT2D eigenvalue weighted by Gasteiger charge is -2.26. The Hall–Kier alpha value is -2.34. The zero-order valence-electron chi connectivity index (χ0n) is 14.9. The van der Waals surface area contributed by atoms with Gasteiger partial charge in [-0.05, 0) is 54.4 Å². The summed E-state index contributed by atoms with van der Waals surface area (Å²) in [5.74, 6) is 0.464. The first-order valence-corrected chi connectivity index (χ1v) is 8.46. The third kappa shape index (κ3) is 4.14. The van der Waals surface area contributed by atoms with Gasteiger partial charge in [0, 0.05) is 10.9 Å². The molecular formula is C21H26N2O. The molecule has 1 aromatic carbocycles. The second kappa shape index (κ2) is 7.49. The van der Waals surface area contributed by atoms with Gasteiger partial charge in [-0.25, -0.2) is 0 Å². The predicted molar refractivity (Wildman–Crippen MR) is 99.2 cm³/mol. The van der Waals surface area contributed by atoms with Crippen molar-refractivity contribution in [3.8, 4) is 6.07 Å². The molecule has 3 heteroatoms. The van der Waals surface area contributed by atoms with Gasteiger partial charge in [0.1, 0.15) is 6.54 Å². The van der Waals surface area contributed by atoms with Gasteiger partial charge in [0.2, 0.25) is 0 Å². The van der Waals surface area contributed by atoms with Crippen molar-refractivity contribution in [1.82, 2.24) is 4.57 Å². The minimum atomic E-state index is 0.193. The van der Waals surface area contributed by atoms with E-state index in [2.05, 4.69) is 45.6 Å². The quantitative estimate of drug-likeness (QED) is 0.501. The Kier molecular flexibility index (Phi) is 5.62. The molecule has 126 valence electrons. The van der Waals surface area contributed by atoms with Crippen LogP contribution in [-0.4, -0.2) is 10.9 Å². The molecule has 0 fully saturated rings. The Morgan fingerprint density at radius 2 is 2.08 bits per heavy atom. The maximum atomic E-state index is 11.3. The van der Waals surface area contributed by atoms with Crippen molar-refractivity contribution in [2.24, 2.45) is 5.41 Å². The SMILES string of the molecule is C=CCCC(CC(C)(C)C)c1ccc2c(c1)cc(C=O)n2CC#N. The Morgan fingerprint density at radius 1 is 1.33 bits per heavy atom. The number of carbonyl (C=O) groups is 1. The lowest BCUT2D eigenvalue weighted by Crippen LogP contribution is -2.12. The van der Waals surface area contributed by atoms with Crippen LogP contribution in [0, 0.1) is 16.7 Å². The highest BCUT2D eigenvalue weighted by Crippen LogP contribution is 2.36. The molecule has 0 radical (unpaired) electrons. The van der Waals surface area contributed by atoms with Crippen LogP contribution in [0.3, 0.4) is 0 Å². The molecule has 1 heterocycles. The summed E-state index contributed by atoms with van der Waals surface area (Å²) in [6, 6.07) is 10.4. The zero-order chi connectivity index (χ0) is 17.7. The van der Waals surface area contributed by atoms with Crippen LogP contribution in [-0.2, 0) is 6.54 Å². The molecule has 0 aliphatic carbocycles. The second-order valence-electron chi connectivity index (χ2n) is 7.58. The summed E-state index contributed by atoms with van der Waals surface area (Å²) < 4.78 is 1.77. The fourth-order valence-electron chi connectivity index (χ4n) is 3.35. The fourth-order valence-corrected chi connectivity index (χ4v) is 3.35. The molecular weight excluding hydrogens is 296 g/mol. The van der Waals surface area contributed by atoms with E-state index in [1.54, 1.807) is 4.57 Å². The number of carbonyl (C=O) groups excluding carboxylic acids is 1. The topological polar surface area (TPSA) is 45.8 Å². The third-order valence-electron chi connectivity index (χ3n) is 4.36. The van der Waals surface area contributed by atoms with Gasteiger partial charge in [0.25, 0.3) is 0 Å². The average Bonchev–Trinajstić information content (AvgIpc) is 2.88. The molecule has 1 atom stereocenters. The van der Waals surface area contributed by atoms with Crippen LogP contribution in [0.15, 0.2) is 36.9 Å². The minimum Gasteiger partial charge on any atom is -0.324 e. The zero-order valence-corrected chi connectivity index (χ0v) is 14.9. The molecule has 1 unspecified atom stereocenters. The largest absolute Gasteiger partial charge is 0.324 e. The van der Waals surface area contributed by atoms with E-state index in [4.69, 9.17) is 5.26 Å². The summed E-state index contributed by atoms with van der Waals surface area (Å²) in [4.78, 5) is 11.3. The summed E-state index contributed by atoms with van der Waals surface area (Å²) in [7, 11) is 0. The van der Waals surface area contributed by atoms with Crippen molar-refractivity contribution in [3.05, 3.63) is 48.2 Å². The molecule has 0 saturated heterocycles. The molecule has 0 aliphatic rings. The lowest BCUT2D eigenvalue weighted by atomic mass is 9.79. The van der Waals surface area contributed by atoms with Crippen molar-refractivity contribution in [2.45, 2.75) is 52.5 Å². The first-order valence-electron chi connectivity index (χ1n) is 8.46. The van der Waals surface area contributed by atoms with Crippen LogP contribution in [0.4, 0.5) is 0 Å². The van der Waals surface area contributed by atoms with Gasteiger partial charge < -0.3 is 4.57 Å². The summed E-state index contributed by atoms with van der Waals surface area (Å²) in [6.45, 7) is 10.8. The number of allylic oxidation sites excluding steroid dienone is 1. The maximum absolute atomic E-state index is 11.3. The predicted octanol–water partition coefficient (Wildman–Crippen LogP) is 5.46. The van der Waals surface area contributed by atoms with Crippen LogP contribution >= 0.6 is 0 Å². The van der Waals surface area contributed by atoms with E-state index in [9.17, 15) is 4.79 Å². The van der Waals surface area contributed by atoms with Crippen molar-refractivity contribution >= 4 is 17.2 Å². The monoisotopic (exact) mass is 322 g/mol. The highest BCUT2D eigenvalue weighted by molar-refractivity contribution is 5.89. The van der Waals surface area contributed by atoms with Gasteiger partial charge in [-0.1, -0.05) is 32.9 Å². The van der Waals surface area contributed by atoms with E-state index in [0.29, 0.717) is 11.6 Å². The second-order valence-corrected chi connectivity index (χ2v) is 7.58. The van der Waals surface area contributed by atoms with Gasteiger partial charge >= 0.3 is 0 Å². The molecule has 0 spiro atoms. The Morgan fingerprint density at radius 3 is 2.67 bits per heavy atom. The van der Waals surface area contributed by atoms with E-state index < -0.39 is 0 Å². The summed E-state index contributed by atoms with van der Waals surface area (Å²) in [6.07, 6.45) is 5.97. The molecule has 2 aromatic rings. The van der Waals surface area contributed by atoms with E-state index in [1.807, 2.05) is 18.2 Å². The first-order chi connectivity index (χ1) is 11.4. The minimum absolute atomic E-state index is 0.193. The normalized spacial score (nSPS) is 12.8. The molecule has 0 amide bonds. The maximum Gasteiger partial charge on any atom is 0.166 e. The van der Waals surface area contributed by atoms with Crippen molar-refractivity contribution in [3.63, 3.8) is 0 Å². The number of hydrogen-bond donors (Lipinski definition) is 0. The van der Waals surface area contributed by atoms with Crippen LogP contribution in [0.25, 0.3) is 10.9 Å². The van der Waals surface area contributed by atoms with Crippen LogP contribution in [0.5, 0.6) is 0 Å². The molecule has 2 rings (SSSR count). The fraction of sp³-hybridized carbons (Fsp3) is 0.429. The van der Waals surface area contributed by atoms with Crippen molar-refractivity contribution in [1.29, 1.82) is 5.26 Å². The van der Waals surface area contributed by atoms with E-state index in [-0.39, 0.29) is 12.0 Å². The van der Waals surface area contributed by atoms with Crippen LogP contribution in [0.1, 0.15) is 62.0 Å². The standard InChI is InChI=1S/C21H26N2O/c1-5-6-7-17(14-21(2,3)4)16-8-9-20-18(12-16)13-19(15-24)23(20)11-10-22/h5,8-9,12-13,15,17H,1,6-7,11,14H2,2-4H3. The van der Waals surface area contributed by atoms with Gasteiger partial charge in [-0.3, -0.25) is 4.79 Å². The molecule has 24 heavy (non-hydrogen) atoms. The average molecular weight is 322 g/mol. The van der Waals surface area contributed by atoms with Crippen LogP contribution in [0.2, 0.25) is 0 Å². The van der Waals surface area contributed by atoms with E-state index in [1.165, 1.54) is 5.56 Å². The summed E-state index contributed by atoms with van der Waals surface area (Å²) >= 11 is 0. The third-order valence-corrected chi connectivity index (χ3v) is 4.36. The molecule has 0 N–H and O–H groups in total. The summed E-state index contributed by atoms with van der Waals surface area (Å²) in [5, 5.41) is 10.0. The molecule has 1 aromatic heterocycles. The van der Waals surface area contributed by atoms with Gasteiger partial charge in [0.05, 0.1) is 11.8 Å². The number of fused-ring (bicyclic) bond motifs is 1. The molecule has 3 nitrogen and oxygen atoms in total. The number of rotatable bonds is 7. The number of nitriles is 1. The molecule has 0 aliphatic heterocycles. The van der Waals surface area contributed by atoms with Gasteiger partial charge in [0.15, 0.2) is 6.29 Å². The summed E-state index contributed by atoms with van der Waals surface area (Å²) in [5.41, 5.74) is 3.05. The Labute approximate surface area is 144 Å². The lowest BCUT2D eigenvalue weighted by molar-refractivity contribution is 0.111. The van der Waals surface area contributed by atoms with E-state index in [0.717, 1.165) is 36.5 Å². The molecule has 0 saturated carbocycles. The Balaban J connectivity index is 2.45. The number of benzene rings is 1. The smallest absolute Gasteiger partial charge is 0.166 e. The Bertz CT molecular complexity index is 771. The van der Waals surface area contributed by atoms with Crippen molar-refractivity contribution < 1.29 is 4.79 Å². The van der Waals surface area contributed by atoms with Crippen LogP contribution < -0.4 is 0 Å².